The molecule has 2 aromatic rings. The van der Waals surface area contributed by atoms with Gasteiger partial charge in [-0.1, -0.05) is 0 Å². The van der Waals surface area contributed by atoms with Crippen LogP contribution >= 0.6 is 0 Å². The molecule has 0 radical (unpaired) electrons. The van der Waals surface area contributed by atoms with Gasteiger partial charge in [0.25, 0.3) is 0 Å². The largest absolute Gasteiger partial charge is 0.474 e. The average molecular weight is 244 g/mol. The van der Waals surface area contributed by atoms with Crippen molar-refractivity contribution in [2.75, 3.05) is 5.73 Å². The summed E-state index contributed by atoms with van der Waals surface area (Å²) >= 11 is 0. The molecule has 0 aliphatic carbocycles. The smallest absolute Gasteiger partial charge is 0.237 e. The van der Waals surface area contributed by atoms with Crippen LogP contribution in [0.5, 0.6) is 5.88 Å². The fourth-order valence-corrected chi connectivity index (χ4v) is 1.46. The molecule has 0 amide bonds. The van der Waals surface area contributed by atoms with E-state index in [1.165, 1.54) is 6.26 Å². The quantitative estimate of drug-likeness (QED) is 0.886. The van der Waals surface area contributed by atoms with Gasteiger partial charge in [-0.05, 0) is 26.0 Å². The molecule has 0 saturated carbocycles. The Kier molecular flexibility index (Phi) is 3.15. The zero-order chi connectivity index (χ0) is 13.1. The minimum Gasteiger partial charge on any atom is -0.474 e. The fourth-order valence-electron chi connectivity index (χ4n) is 1.46. The van der Waals surface area contributed by atoms with E-state index in [0.717, 1.165) is 0 Å². The van der Waals surface area contributed by atoms with Gasteiger partial charge in [0, 0.05) is 0 Å². The SMILES string of the molecule is CC(C)Oc1nc(N)nc(-c2ccco2)c1C#N. The molecule has 0 aliphatic heterocycles. The van der Waals surface area contributed by atoms with E-state index in [2.05, 4.69) is 9.97 Å². The molecule has 2 rings (SSSR count). The number of rotatable bonds is 3. The average Bonchev–Trinajstić information content (AvgIpc) is 2.80. The first-order valence-corrected chi connectivity index (χ1v) is 5.40. The Labute approximate surface area is 104 Å². The normalized spacial score (nSPS) is 10.3. The van der Waals surface area contributed by atoms with E-state index in [4.69, 9.17) is 14.9 Å². The predicted molar refractivity (Wildman–Crippen MR) is 64.6 cm³/mol. The van der Waals surface area contributed by atoms with Crippen molar-refractivity contribution in [1.82, 2.24) is 9.97 Å². The van der Waals surface area contributed by atoms with Crippen molar-refractivity contribution in [2.45, 2.75) is 20.0 Å². The highest BCUT2D eigenvalue weighted by molar-refractivity contribution is 5.65. The number of hydrogen-bond acceptors (Lipinski definition) is 6. The monoisotopic (exact) mass is 244 g/mol. The van der Waals surface area contributed by atoms with Crippen LogP contribution in [0.4, 0.5) is 5.95 Å². The number of anilines is 1. The number of nitrogen functional groups attached to an aromatic ring is 1. The van der Waals surface area contributed by atoms with Gasteiger partial charge in [0.2, 0.25) is 11.8 Å². The first kappa shape index (κ1) is 11.9. The standard InChI is InChI=1S/C12H12N4O2/c1-7(2)18-11-8(6-13)10(15-12(14)16-11)9-4-3-5-17-9/h3-5,7H,1-2H3,(H2,14,15,16). The van der Waals surface area contributed by atoms with E-state index in [-0.39, 0.29) is 23.5 Å². The van der Waals surface area contributed by atoms with Crippen molar-refractivity contribution in [1.29, 1.82) is 5.26 Å². The zero-order valence-corrected chi connectivity index (χ0v) is 10.0. The summed E-state index contributed by atoms with van der Waals surface area (Å²) in [6.45, 7) is 3.68. The van der Waals surface area contributed by atoms with Gasteiger partial charge in [0.15, 0.2) is 5.76 Å². The highest BCUT2D eigenvalue weighted by Gasteiger charge is 2.18. The summed E-state index contributed by atoms with van der Waals surface area (Å²) in [6.07, 6.45) is 1.38. The van der Waals surface area contributed by atoms with Gasteiger partial charge in [0.05, 0.1) is 12.4 Å². The van der Waals surface area contributed by atoms with Gasteiger partial charge in [-0.3, -0.25) is 0 Å². The van der Waals surface area contributed by atoms with Crippen LogP contribution in [-0.4, -0.2) is 16.1 Å². The molecule has 6 heteroatoms. The van der Waals surface area contributed by atoms with Crippen LogP contribution in [0.3, 0.4) is 0 Å². The highest BCUT2D eigenvalue weighted by atomic mass is 16.5. The molecule has 92 valence electrons. The van der Waals surface area contributed by atoms with Crippen molar-refractivity contribution in [3.8, 4) is 23.4 Å². The van der Waals surface area contributed by atoms with E-state index < -0.39 is 0 Å². The molecule has 2 aromatic heterocycles. The van der Waals surface area contributed by atoms with Gasteiger partial charge in [-0.25, -0.2) is 4.98 Å². The van der Waals surface area contributed by atoms with Gasteiger partial charge in [0.1, 0.15) is 17.3 Å². The molecule has 0 aliphatic rings. The van der Waals surface area contributed by atoms with E-state index in [1.54, 1.807) is 12.1 Å². The van der Waals surface area contributed by atoms with Crippen LogP contribution in [0.2, 0.25) is 0 Å². The molecule has 0 saturated heterocycles. The third kappa shape index (κ3) is 2.25. The first-order chi connectivity index (χ1) is 8.61. The van der Waals surface area contributed by atoms with Crippen LogP contribution in [0.25, 0.3) is 11.5 Å². The molecular weight excluding hydrogens is 232 g/mol. The maximum Gasteiger partial charge on any atom is 0.237 e. The Bertz CT molecular complexity index is 585. The van der Waals surface area contributed by atoms with E-state index in [9.17, 15) is 5.26 Å². The second-order valence-corrected chi connectivity index (χ2v) is 3.87. The molecule has 0 aromatic carbocycles. The van der Waals surface area contributed by atoms with E-state index >= 15 is 0 Å². The maximum absolute atomic E-state index is 9.21. The molecule has 0 unspecified atom stereocenters. The van der Waals surface area contributed by atoms with Crippen LogP contribution in [-0.2, 0) is 0 Å². The Morgan fingerprint density at radius 2 is 2.22 bits per heavy atom. The molecule has 0 spiro atoms. The lowest BCUT2D eigenvalue weighted by atomic mass is 10.2. The maximum atomic E-state index is 9.21. The number of nitriles is 1. The molecule has 6 nitrogen and oxygen atoms in total. The summed E-state index contributed by atoms with van der Waals surface area (Å²) in [5, 5.41) is 9.21. The Morgan fingerprint density at radius 1 is 1.44 bits per heavy atom. The summed E-state index contributed by atoms with van der Waals surface area (Å²) in [6, 6.07) is 5.42. The summed E-state index contributed by atoms with van der Waals surface area (Å²) in [5.74, 6) is 0.664. The Morgan fingerprint density at radius 3 is 2.78 bits per heavy atom. The lowest BCUT2D eigenvalue weighted by Crippen LogP contribution is -2.11. The molecule has 18 heavy (non-hydrogen) atoms. The van der Waals surface area contributed by atoms with E-state index in [1.807, 2.05) is 19.9 Å². The summed E-state index contributed by atoms with van der Waals surface area (Å²) < 4.78 is 10.7. The topological polar surface area (TPSA) is 98.0 Å². The van der Waals surface area contributed by atoms with Gasteiger partial charge < -0.3 is 14.9 Å². The molecule has 2 N–H and O–H groups in total. The number of hydrogen-bond donors (Lipinski definition) is 1. The Balaban J connectivity index is 2.60. The number of nitrogens with zero attached hydrogens (tertiary/aromatic N) is 3. The zero-order valence-electron chi connectivity index (χ0n) is 10.0. The minimum atomic E-state index is -0.115. The highest BCUT2D eigenvalue weighted by Crippen LogP contribution is 2.28. The van der Waals surface area contributed by atoms with E-state index in [0.29, 0.717) is 11.5 Å². The predicted octanol–water partition coefficient (Wildman–Crippen LogP) is 1.98. The summed E-state index contributed by atoms with van der Waals surface area (Å²) in [5.41, 5.74) is 6.17. The van der Waals surface area contributed by atoms with Gasteiger partial charge in [-0.2, -0.15) is 10.2 Å². The molecule has 0 bridgehead atoms. The van der Waals surface area contributed by atoms with Crippen molar-refractivity contribution in [3.63, 3.8) is 0 Å². The van der Waals surface area contributed by atoms with Crippen LogP contribution in [0, 0.1) is 11.3 Å². The van der Waals surface area contributed by atoms with Crippen molar-refractivity contribution in [2.24, 2.45) is 0 Å². The first-order valence-electron chi connectivity index (χ1n) is 5.40. The van der Waals surface area contributed by atoms with Crippen LogP contribution < -0.4 is 10.5 Å². The van der Waals surface area contributed by atoms with Gasteiger partial charge >= 0.3 is 0 Å². The summed E-state index contributed by atoms with van der Waals surface area (Å²) in [7, 11) is 0. The number of nitrogens with two attached hydrogens (primary N) is 1. The van der Waals surface area contributed by atoms with Crippen LogP contribution in [0.1, 0.15) is 19.4 Å². The molecule has 2 heterocycles. The number of ether oxygens (including phenoxy) is 1. The second kappa shape index (κ2) is 4.75. The fraction of sp³-hybridized carbons (Fsp3) is 0.250. The van der Waals surface area contributed by atoms with Crippen molar-refractivity contribution < 1.29 is 9.15 Å². The van der Waals surface area contributed by atoms with Crippen molar-refractivity contribution in [3.05, 3.63) is 24.0 Å². The molecular formula is C12H12N4O2. The molecule has 0 fully saturated rings. The van der Waals surface area contributed by atoms with Gasteiger partial charge in [-0.15, -0.1) is 0 Å². The molecule has 0 atom stereocenters. The Hall–Kier alpha value is -2.55. The lowest BCUT2D eigenvalue weighted by Gasteiger charge is -2.11. The number of aromatic nitrogens is 2. The van der Waals surface area contributed by atoms with Crippen molar-refractivity contribution >= 4 is 5.95 Å². The third-order valence-electron chi connectivity index (χ3n) is 2.11. The van der Waals surface area contributed by atoms with Crippen LogP contribution in [0.15, 0.2) is 22.8 Å². The third-order valence-corrected chi connectivity index (χ3v) is 2.11. The minimum absolute atomic E-state index is 0.0380. The summed E-state index contributed by atoms with van der Waals surface area (Å²) in [4.78, 5) is 7.96. The second-order valence-electron chi connectivity index (χ2n) is 3.87. The lowest BCUT2D eigenvalue weighted by molar-refractivity contribution is 0.232. The number of furan rings is 1.